The molecule has 1 amide bonds. The molecule has 1 aliphatic rings. The zero-order chi connectivity index (χ0) is 23.9. The third-order valence-electron chi connectivity index (χ3n) is 5.88. The van der Waals surface area contributed by atoms with E-state index in [2.05, 4.69) is 43.0 Å². The van der Waals surface area contributed by atoms with Crippen LogP contribution in [0.1, 0.15) is 44.5 Å². The second-order valence-electron chi connectivity index (χ2n) is 9.68. The van der Waals surface area contributed by atoms with E-state index in [0.29, 0.717) is 12.5 Å². The van der Waals surface area contributed by atoms with Gasteiger partial charge in [-0.2, -0.15) is 0 Å². The van der Waals surface area contributed by atoms with Gasteiger partial charge in [0.1, 0.15) is 16.2 Å². The topological polar surface area (TPSA) is 77.0 Å². The second-order valence-corrected chi connectivity index (χ2v) is 11.6. The number of hydrogen-bond donors (Lipinski definition) is 1. The van der Waals surface area contributed by atoms with Crippen LogP contribution in [0.3, 0.4) is 0 Å². The van der Waals surface area contributed by atoms with Gasteiger partial charge in [-0.1, -0.05) is 43.8 Å². The molecule has 1 aliphatic heterocycles. The molecule has 6 nitrogen and oxygen atoms in total. The van der Waals surface area contributed by atoms with Gasteiger partial charge in [0, 0.05) is 28.8 Å². The molecule has 1 aromatic carbocycles. The van der Waals surface area contributed by atoms with E-state index in [9.17, 15) is 4.79 Å². The van der Waals surface area contributed by atoms with Crippen LogP contribution in [-0.2, 0) is 29.0 Å². The van der Waals surface area contributed by atoms with Gasteiger partial charge in [-0.05, 0) is 43.9 Å². The van der Waals surface area contributed by atoms with Crippen LogP contribution in [0.5, 0.6) is 0 Å². The molecule has 3 aromatic heterocycles. The Morgan fingerprint density at radius 2 is 2.00 bits per heavy atom. The van der Waals surface area contributed by atoms with Crippen LogP contribution in [0.4, 0.5) is 5.69 Å². The van der Waals surface area contributed by atoms with Crippen molar-refractivity contribution in [1.29, 1.82) is 0 Å². The number of nitrogens with one attached hydrogen (secondary N) is 1. The van der Waals surface area contributed by atoms with Crippen LogP contribution in [0.15, 0.2) is 41.7 Å². The highest BCUT2D eigenvalue weighted by Crippen LogP contribution is 2.43. The van der Waals surface area contributed by atoms with E-state index in [1.54, 1.807) is 17.7 Å². The zero-order valence-corrected chi connectivity index (χ0v) is 21.5. The first-order chi connectivity index (χ1) is 16.3. The van der Waals surface area contributed by atoms with E-state index >= 15 is 0 Å². The van der Waals surface area contributed by atoms with E-state index in [-0.39, 0.29) is 17.3 Å². The van der Waals surface area contributed by atoms with Crippen molar-refractivity contribution < 1.29 is 9.53 Å². The lowest BCUT2D eigenvalue weighted by Crippen LogP contribution is -2.33. The summed E-state index contributed by atoms with van der Waals surface area (Å²) in [4.78, 5) is 27.8. The Kier molecular flexibility index (Phi) is 6.31. The van der Waals surface area contributed by atoms with Gasteiger partial charge in [0.05, 0.1) is 28.2 Å². The number of carbonyl (C=O) groups excluding carboxylic acids is 1. The highest BCUT2D eigenvalue weighted by atomic mass is 32.2. The van der Waals surface area contributed by atoms with Crippen molar-refractivity contribution in [3.63, 3.8) is 0 Å². The molecule has 176 valence electrons. The Labute approximate surface area is 207 Å². The van der Waals surface area contributed by atoms with Crippen molar-refractivity contribution >= 4 is 55.1 Å². The van der Waals surface area contributed by atoms with Crippen LogP contribution in [0.25, 0.3) is 20.4 Å². The number of ether oxygens (including phenoxy) is 1. The molecule has 5 rings (SSSR count). The summed E-state index contributed by atoms with van der Waals surface area (Å²) in [5, 5.41) is 4.88. The van der Waals surface area contributed by atoms with Crippen LogP contribution < -0.4 is 5.32 Å². The van der Waals surface area contributed by atoms with Gasteiger partial charge in [0.2, 0.25) is 5.91 Å². The molecular formula is C26H28N4O2S2. The summed E-state index contributed by atoms with van der Waals surface area (Å²) in [6, 6.07) is 9.50. The Morgan fingerprint density at radius 3 is 2.76 bits per heavy atom. The molecule has 4 heterocycles. The highest BCUT2D eigenvalue weighted by molar-refractivity contribution is 8.00. The first-order valence-corrected chi connectivity index (χ1v) is 13.3. The Hall–Kier alpha value is -2.55. The predicted octanol–water partition coefficient (Wildman–Crippen LogP) is 6.02. The molecule has 0 unspecified atom stereocenters. The maximum atomic E-state index is 12.5. The standard InChI is InChI=1S/C26H28N4O2S2/c1-15(2)10-19-18-12-32-26(3,4)11-17(18)21-22-23(34-24(21)30-19)25(28-14-27-22)33-13-20(31)29-16-8-6-5-7-9-16/h5-9,14-15H,10-13H2,1-4H3,(H,29,31). The van der Waals surface area contributed by atoms with Crippen molar-refractivity contribution in [3.8, 4) is 0 Å². The van der Waals surface area contributed by atoms with Crippen molar-refractivity contribution in [1.82, 2.24) is 15.0 Å². The number of rotatable bonds is 6. The van der Waals surface area contributed by atoms with Crippen LogP contribution in [0, 0.1) is 5.92 Å². The Bertz CT molecular complexity index is 1370. The Morgan fingerprint density at radius 1 is 1.21 bits per heavy atom. The summed E-state index contributed by atoms with van der Waals surface area (Å²) in [5.74, 6) is 0.727. The van der Waals surface area contributed by atoms with E-state index in [4.69, 9.17) is 9.72 Å². The summed E-state index contributed by atoms with van der Waals surface area (Å²) in [6.07, 6.45) is 3.35. The minimum Gasteiger partial charge on any atom is -0.370 e. The monoisotopic (exact) mass is 492 g/mol. The lowest BCUT2D eigenvalue weighted by atomic mass is 9.88. The molecule has 0 saturated carbocycles. The first kappa shape index (κ1) is 23.2. The van der Waals surface area contributed by atoms with Crippen molar-refractivity contribution in [2.24, 2.45) is 5.92 Å². The number of nitrogens with zero attached hydrogens (tertiary/aromatic N) is 3. The molecule has 8 heteroatoms. The van der Waals surface area contributed by atoms with Crippen molar-refractivity contribution in [2.45, 2.75) is 57.8 Å². The summed E-state index contributed by atoms with van der Waals surface area (Å²) >= 11 is 3.07. The van der Waals surface area contributed by atoms with Gasteiger partial charge in [0.25, 0.3) is 0 Å². The van der Waals surface area contributed by atoms with Crippen LogP contribution >= 0.6 is 23.1 Å². The first-order valence-electron chi connectivity index (χ1n) is 11.5. The van der Waals surface area contributed by atoms with Gasteiger partial charge >= 0.3 is 0 Å². The fourth-order valence-electron chi connectivity index (χ4n) is 4.36. The number of benzene rings is 1. The predicted molar refractivity (Wildman–Crippen MR) is 140 cm³/mol. The number of thioether (sulfide) groups is 1. The smallest absolute Gasteiger partial charge is 0.234 e. The number of para-hydroxylation sites is 1. The van der Waals surface area contributed by atoms with Gasteiger partial charge < -0.3 is 10.1 Å². The average Bonchev–Trinajstić information content (AvgIpc) is 3.16. The van der Waals surface area contributed by atoms with Crippen molar-refractivity contribution in [2.75, 3.05) is 11.1 Å². The number of thiophene rings is 1. The molecule has 0 atom stereocenters. The molecule has 0 radical (unpaired) electrons. The number of hydrogen-bond acceptors (Lipinski definition) is 7. The summed E-state index contributed by atoms with van der Waals surface area (Å²) < 4.78 is 7.17. The van der Waals surface area contributed by atoms with Gasteiger partial charge in [0.15, 0.2) is 0 Å². The zero-order valence-electron chi connectivity index (χ0n) is 19.8. The van der Waals surface area contributed by atoms with Crippen LogP contribution in [-0.4, -0.2) is 32.2 Å². The van der Waals surface area contributed by atoms with E-state index in [1.807, 2.05) is 30.3 Å². The summed E-state index contributed by atoms with van der Waals surface area (Å²) in [6.45, 7) is 9.30. The number of amides is 1. The lowest BCUT2D eigenvalue weighted by molar-refractivity contribution is -0.113. The molecule has 34 heavy (non-hydrogen) atoms. The van der Waals surface area contributed by atoms with Crippen LogP contribution in [0.2, 0.25) is 0 Å². The molecule has 4 aromatic rings. The quantitative estimate of drug-likeness (QED) is 0.262. The number of carbonyl (C=O) groups is 1. The molecule has 0 saturated heterocycles. The summed E-state index contributed by atoms with van der Waals surface area (Å²) in [7, 11) is 0. The molecule has 1 N–H and O–H groups in total. The molecule has 0 fully saturated rings. The minimum absolute atomic E-state index is 0.0577. The molecular weight excluding hydrogens is 464 g/mol. The minimum atomic E-state index is -0.231. The van der Waals surface area contributed by atoms with Gasteiger partial charge in [-0.15, -0.1) is 11.3 Å². The number of fused-ring (bicyclic) bond motifs is 5. The fourth-order valence-corrected chi connectivity index (χ4v) is 6.42. The number of aromatic nitrogens is 3. The maximum Gasteiger partial charge on any atom is 0.234 e. The Balaban J connectivity index is 1.52. The van der Waals surface area contributed by atoms with E-state index in [1.165, 1.54) is 22.9 Å². The second kappa shape index (κ2) is 9.24. The fraction of sp³-hybridized carbons (Fsp3) is 0.385. The van der Waals surface area contributed by atoms with E-state index in [0.717, 1.165) is 49.7 Å². The SMILES string of the molecule is CC(C)Cc1nc2sc3c(SCC(=O)Nc4ccccc4)ncnc3c2c2c1COC(C)(C)C2. The largest absolute Gasteiger partial charge is 0.370 e. The number of anilines is 1. The highest BCUT2D eigenvalue weighted by Gasteiger charge is 2.31. The lowest BCUT2D eigenvalue weighted by Gasteiger charge is -2.33. The molecule has 0 bridgehead atoms. The average molecular weight is 493 g/mol. The third-order valence-corrected chi connectivity index (χ3v) is 8.08. The molecule has 0 spiro atoms. The van der Waals surface area contributed by atoms with E-state index < -0.39 is 0 Å². The van der Waals surface area contributed by atoms with Gasteiger partial charge in [-0.25, -0.2) is 15.0 Å². The summed E-state index contributed by atoms with van der Waals surface area (Å²) in [5.41, 5.74) is 5.14. The maximum absolute atomic E-state index is 12.5. The molecule has 0 aliphatic carbocycles. The number of pyridine rings is 1. The van der Waals surface area contributed by atoms with Gasteiger partial charge in [-0.3, -0.25) is 4.79 Å². The normalized spacial score (nSPS) is 15.1. The van der Waals surface area contributed by atoms with Crippen molar-refractivity contribution in [3.05, 3.63) is 53.5 Å². The third kappa shape index (κ3) is 4.67.